The molecular weight excluding hydrogens is 262 g/mol. The third-order valence-corrected chi connectivity index (χ3v) is 3.55. The second-order valence-electron chi connectivity index (χ2n) is 5.01. The van der Waals surface area contributed by atoms with Crippen LogP contribution in [0.3, 0.4) is 0 Å². The summed E-state index contributed by atoms with van der Waals surface area (Å²) in [5.41, 5.74) is 1.61. The van der Waals surface area contributed by atoms with Gasteiger partial charge >= 0.3 is 0 Å². The molecular formula is C17H17N3O. The van der Waals surface area contributed by atoms with E-state index in [4.69, 9.17) is 0 Å². The van der Waals surface area contributed by atoms with E-state index in [0.29, 0.717) is 11.4 Å². The van der Waals surface area contributed by atoms with Crippen molar-refractivity contribution in [1.82, 2.24) is 9.78 Å². The number of aryl methyl sites for hydroxylation is 2. The minimum atomic E-state index is -0.119. The summed E-state index contributed by atoms with van der Waals surface area (Å²) in [6.07, 6.45) is 0.847. The number of rotatable bonds is 3. The van der Waals surface area contributed by atoms with Crippen molar-refractivity contribution in [2.24, 2.45) is 7.05 Å². The molecule has 1 amide bonds. The maximum Gasteiger partial charge on any atom is 0.256 e. The number of aromatic nitrogens is 2. The van der Waals surface area contributed by atoms with E-state index in [0.717, 1.165) is 22.9 Å². The molecule has 4 nitrogen and oxygen atoms in total. The van der Waals surface area contributed by atoms with Crippen molar-refractivity contribution in [2.45, 2.75) is 13.3 Å². The molecule has 1 N–H and O–H groups in total. The largest absolute Gasteiger partial charge is 0.307 e. The highest BCUT2D eigenvalue weighted by molar-refractivity contribution is 6.06. The molecule has 2 aromatic carbocycles. The van der Waals surface area contributed by atoms with Crippen molar-refractivity contribution >= 4 is 22.5 Å². The number of amides is 1. The highest BCUT2D eigenvalue weighted by atomic mass is 16.1. The maximum atomic E-state index is 12.4. The smallest absolute Gasteiger partial charge is 0.256 e. The molecule has 106 valence electrons. The lowest BCUT2D eigenvalue weighted by Crippen LogP contribution is -2.14. The molecule has 0 fully saturated rings. The van der Waals surface area contributed by atoms with Gasteiger partial charge in [0.2, 0.25) is 0 Å². The topological polar surface area (TPSA) is 46.9 Å². The molecule has 21 heavy (non-hydrogen) atoms. The SMILES string of the molecule is CCc1cc(NC(=O)c2ccc3ccccc3c2)n(C)n1. The summed E-state index contributed by atoms with van der Waals surface area (Å²) < 4.78 is 1.69. The molecule has 3 rings (SSSR count). The van der Waals surface area contributed by atoms with Gasteiger partial charge in [0.25, 0.3) is 5.91 Å². The van der Waals surface area contributed by atoms with Crippen molar-refractivity contribution in [1.29, 1.82) is 0 Å². The van der Waals surface area contributed by atoms with E-state index in [-0.39, 0.29) is 5.91 Å². The van der Waals surface area contributed by atoms with Crippen molar-refractivity contribution in [3.8, 4) is 0 Å². The Morgan fingerprint density at radius 2 is 1.90 bits per heavy atom. The Morgan fingerprint density at radius 3 is 2.62 bits per heavy atom. The number of hydrogen-bond donors (Lipinski definition) is 1. The monoisotopic (exact) mass is 279 g/mol. The zero-order valence-electron chi connectivity index (χ0n) is 12.1. The number of anilines is 1. The molecule has 3 aromatic rings. The van der Waals surface area contributed by atoms with Gasteiger partial charge in [0.05, 0.1) is 5.69 Å². The van der Waals surface area contributed by atoms with Crippen LogP contribution in [-0.4, -0.2) is 15.7 Å². The third-order valence-electron chi connectivity index (χ3n) is 3.55. The molecule has 0 spiro atoms. The Labute approximate surface area is 123 Å². The fourth-order valence-corrected chi connectivity index (χ4v) is 2.34. The quantitative estimate of drug-likeness (QED) is 0.799. The molecule has 0 aliphatic carbocycles. The minimum absolute atomic E-state index is 0.119. The maximum absolute atomic E-state index is 12.4. The Morgan fingerprint density at radius 1 is 1.14 bits per heavy atom. The number of nitrogens with one attached hydrogen (secondary N) is 1. The molecule has 1 heterocycles. The van der Waals surface area contributed by atoms with Crippen molar-refractivity contribution in [3.63, 3.8) is 0 Å². The molecule has 0 unspecified atom stereocenters. The van der Waals surface area contributed by atoms with Gasteiger partial charge in [-0.1, -0.05) is 37.3 Å². The number of carbonyl (C=O) groups is 1. The lowest BCUT2D eigenvalue weighted by molar-refractivity contribution is 0.102. The van der Waals surface area contributed by atoms with Gasteiger partial charge in [-0.3, -0.25) is 9.48 Å². The average molecular weight is 279 g/mol. The predicted octanol–water partition coefficient (Wildman–Crippen LogP) is 3.39. The van der Waals surface area contributed by atoms with Crippen molar-refractivity contribution in [2.75, 3.05) is 5.32 Å². The fourth-order valence-electron chi connectivity index (χ4n) is 2.34. The highest BCUT2D eigenvalue weighted by Gasteiger charge is 2.10. The lowest BCUT2D eigenvalue weighted by atomic mass is 10.1. The van der Waals surface area contributed by atoms with E-state index in [2.05, 4.69) is 10.4 Å². The summed E-state index contributed by atoms with van der Waals surface area (Å²) >= 11 is 0. The van der Waals surface area contributed by atoms with Gasteiger partial charge in [-0.15, -0.1) is 0 Å². The standard InChI is InChI=1S/C17H17N3O/c1-3-15-11-16(20(2)19-15)18-17(21)14-9-8-12-6-4-5-7-13(12)10-14/h4-11H,3H2,1-2H3,(H,18,21). The van der Waals surface area contributed by atoms with Gasteiger partial charge in [0.1, 0.15) is 5.82 Å². The Bertz CT molecular complexity index is 805. The van der Waals surface area contributed by atoms with Crippen LogP contribution in [0.15, 0.2) is 48.5 Å². The van der Waals surface area contributed by atoms with Crippen molar-refractivity contribution < 1.29 is 4.79 Å². The molecule has 0 atom stereocenters. The zero-order valence-corrected chi connectivity index (χ0v) is 12.1. The molecule has 4 heteroatoms. The van der Waals surface area contributed by atoms with Crippen LogP contribution in [0.5, 0.6) is 0 Å². The molecule has 1 aromatic heterocycles. The van der Waals surface area contributed by atoms with Crippen molar-refractivity contribution in [3.05, 3.63) is 59.8 Å². The van der Waals surface area contributed by atoms with E-state index < -0.39 is 0 Å². The lowest BCUT2D eigenvalue weighted by Gasteiger charge is -2.06. The third kappa shape index (κ3) is 2.65. The van der Waals surface area contributed by atoms with Gasteiger partial charge in [-0.05, 0) is 29.3 Å². The van der Waals surface area contributed by atoms with Crippen LogP contribution in [0.1, 0.15) is 23.0 Å². The van der Waals surface area contributed by atoms with E-state index in [1.165, 1.54) is 0 Å². The van der Waals surface area contributed by atoms with E-state index >= 15 is 0 Å². The van der Waals surface area contributed by atoms with Crippen LogP contribution >= 0.6 is 0 Å². The van der Waals surface area contributed by atoms with E-state index in [1.54, 1.807) is 4.68 Å². The molecule has 0 radical (unpaired) electrons. The van der Waals surface area contributed by atoms with E-state index in [9.17, 15) is 4.79 Å². The van der Waals surface area contributed by atoms with Gasteiger partial charge in [-0.25, -0.2) is 0 Å². The normalized spacial score (nSPS) is 10.8. The number of benzene rings is 2. The first-order chi connectivity index (χ1) is 10.2. The molecule has 0 bridgehead atoms. The van der Waals surface area contributed by atoms with Crippen LogP contribution in [-0.2, 0) is 13.5 Å². The summed E-state index contributed by atoms with van der Waals surface area (Å²) in [5, 5.41) is 9.42. The van der Waals surface area contributed by atoms with Gasteiger partial charge in [0.15, 0.2) is 0 Å². The molecule has 0 aliphatic heterocycles. The van der Waals surface area contributed by atoms with Gasteiger partial charge in [0, 0.05) is 18.7 Å². The summed E-state index contributed by atoms with van der Waals surface area (Å²) in [6, 6.07) is 15.6. The Hall–Kier alpha value is -2.62. The molecule has 0 saturated carbocycles. The molecule has 0 aliphatic rings. The molecule has 0 saturated heterocycles. The first kappa shape index (κ1) is 13.4. The number of nitrogens with zero attached hydrogens (tertiary/aromatic N) is 2. The average Bonchev–Trinajstić information content (AvgIpc) is 2.87. The summed E-state index contributed by atoms with van der Waals surface area (Å²) in [7, 11) is 1.83. The fraction of sp³-hybridized carbons (Fsp3) is 0.176. The van der Waals surface area contributed by atoms with Crippen LogP contribution in [0.25, 0.3) is 10.8 Å². The van der Waals surface area contributed by atoms with E-state index in [1.807, 2.05) is 62.5 Å². The Kier molecular flexibility index (Phi) is 3.44. The highest BCUT2D eigenvalue weighted by Crippen LogP contribution is 2.17. The minimum Gasteiger partial charge on any atom is -0.307 e. The summed E-state index contributed by atoms with van der Waals surface area (Å²) in [6.45, 7) is 2.04. The zero-order chi connectivity index (χ0) is 14.8. The van der Waals surface area contributed by atoms with Crippen LogP contribution in [0, 0.1) is 0 Å². The Balaban J connectivity index is 1.87. The number of carbonyl (C=O) groups excluding carboxylic acids is 1. The van der Waals surface area contributed by atoms with Crippen LogP contribution < -0.4 is 5.32 Å². The number of hydrogen-bond acceptors (Lipinski definition) is 2. The van der Waals surface area contributed by atoms with Crippen LogP contribution in [0.2, 0.25) is 0 Å². The summed E-state index contributed by atoms with van der Waals surface area (Å²) in [5.74, 6) is 0.594. The first-order valence-corrected chi connectivity index (χ1v) is 7.00. The second kappa shape index (κ2) is 5.40. The summed E-state index contributed by atoms with van der Waals surface area (Å²) in [4.78, 5) is 12.4. The van der Waals surface area contributed by atoms with Gasteiger partial charge < -0.3 is 5.32 Å². The predicted molar refractivity (Wildman–Crippen MR) is 84.5 cm³/mol. The first-order valence-electron chi connectivity index (χ1n) is 7.00. The number of fused-ring (bicyclic) bond motifs is 1. The second-order valence-corrected chi connectivity index (χ2v) is 5.01. The van der Waals surface area contributed by atoms with Gasteiger partial charge in [-0.2, -0.15) is 5.10 Å². The van der Waals surface area contributed by atoms with Crippen LogP contribution in [0.4, 0.5) is 5.82 Å².